The zero-order valence-electron chi connectivity index (χ0n) is 14.2. The van der Waals surface area contributed by atoms with Crippen molar-refractivity contribution in [1.82, 2.24) is 5.32 Å². The van der Waals surface area contributed by atoms with E-state index in [-0.39, 0.29) is 35.9 Å². The molecule has 0 aromatic carbocycles. The van der Waals surface area contributed by atoms with E-state index in [1.54, 1.807) is 11.3 Å². The molecule has 0 bridgehead atoms. The van der Waals surface area contributed by atoms with Gasteiger partial charge in [-0.05, 0) is 36.6 Å². The van der Waals surface area contributed by atoms with Crippen LogP contribution in [-0.2, 0) is 15.9 Å². The maximum Gasteiger partial charge on any atom is 0.188 e. The van der Waals surface area contributed by atoms with Crippen molar-refractivity contribution in [3.8, 4) is 0 Å². The average molecular weight is 465 g/mol. The number of hydrogen-bond acceptors (Lipinski definition) is 4. The van der Waals surface area contributed by atoms with Crippen LogP contribution in [0.3, 0.4) is 0 Å². The minimum Gasteiger partial charge on any atom is -0.370 e. The highest BCUT2D eigenvalue weighted by molar-refractivity contribution is 14.0. The summed E-state index contributed by atoms with van der Waals surface area (Å²) in [5, 5.41) is 5.25. The van der Waals surface area contributed by atoms with E-state index in [4.69, 9.17) is 15.2 Å². The maximum absolute atomic E-state index is 6.14. The van der Waals surface area contributed by atoms with Gasteiger partial charge in [0.25, 0.3) is 0 Å². The lowest BCUT2D eigenvalue weighted by Gasteiger charge is -2.34. The predicted octanol–water partition coefficient (Wildman–Crippen LogP) is 3.13. The van der Waals surface area contributed by atoms with Gasteiger partial charge in [0.1, 0.15) is 6.10 Å². The summed E-state index contributed by atoms with van der Waals surface area (Å²) in [5.41, 5.74) is 5.93. The van der Waals surface area contributed by atoms with E-state index in [9.17, 15) is 0 Å². The predicted molar refractivity (Wildman–Crippen MR) is 109 cm³/mol. The lowest BCUT2D eigenvalue weighted by Crippen LogP contribution is -2.36. The van der Waals surface area contributed by atoms with Crippen LogP contribution in [0.4, 0.5) is 0 Å². The minimum atomic E-state index is -0.339. The van der Waals surface area contributed by atoms with Crippen LogP contribution < -0.4 is 11.1 Å². The monoisotopic (exact) mass is 465 g/mol. The molecule has 2 fully saturated rings. The molecule has 3 N–H and O–H groups in total. The summed E-state index contributed by atoms with van der Waals surface area (Å²) < 4.78 is 12.1. The summed E-state index contributed by atoms with van der Waals surface area (Å²) in [7, 11) is 0. The van der Waals surface area contributed by atoms with E-state index in [1.807, 2.05) is 0 Å². The molecule has 24 heavy (non-hydrogen) atoms. The molecule has 7 heteroatoms. The first kappa shape index (κ1) is 19.9. The number of ether oxygens (including phenoxy) is 2. The summed E-state index contributed by atoms with van der Waals surface area (Å²) in [6.45, 7) is 4.29. The first-order valence-electron chi connectivity index (χ1n) is 8.53. The summed E-state index contributed by atoms with van der Waals surface area (Å²) in [6.07, 6.45) is 5.37. The molecule has 1 aromatic heterocycles. The highest BCUT2D eigenvalue weighted by Gasteiger charge is 2.43. The molecule has 3 rings (SSSR count). The number of aliphatic imine (C=N–C) groups is 1. The minimum absolute atomic E-state index is 0. The third kappa shape index (κ3) is 5.57. The van der Waals surface area contributed by atoms with Gasteiger partial charge >= 0.3 is 0 Å². The van der Waals surface area contributed by atoms with Crippen molar-refractivity contribution in [3.05, 3.63) is 22.4 Å². The van der Waals surface area contributed by atoms with Crippen molar-refractivity contribution >= 4 is 41.3 Å². The molecular weight excluding hydrogens is 437 g/mol. The summed E-state index contributed by atoms with van der Waals surface area (Å²) >= 11 is 1.76. The number of halogens is 1. The molecule has 1 unspecified atom stereocenters. The van der Waals surface area contributed by atoms with Gasteiger partial charge in [0.15, 0.2) is 11.7 Å². The normalized spacial score (nSPS) is 30.3. The summed E-state index contributed by atoms with van der Waals surface area (Å²) in [5.74, 6) is 0.935. The van der Waals surface area contributed by atoms with Crippen LogP contribution in [0.25, 0.3) is 0 Å². The van der Waals surface area contributed by atoms with Gasteiger partial charge in [-0.2, -0.15) is 0 Å². The van der Waals surface area contributed by atoms with Gasteiger partial charge in [-0.25, -0.2) is 0 Å². The lowest BCUT2D eigenvalue weighted by molar-refractivity contribution is -0.190. The second-order valence-electron chi connectivity index (χ2n) is 6.63. The van der Waals surface area contributed by atoms with Crippen LogP contribution in [0.15, 0.2) is 22.5 Å². The Labute approximate surface area is 165 Å². The molecule has 1 aliphatic heterocycles. The number of thiophene rings is 1. The molecule has 1 saturated heterocycles. The second kappa shape index (κ2) is 9.35. The van der Waals surface area contributed by atoms with Gasteiger partial charge in [0, 0.05) is 24.3 Å². The molecule has 136 valence electrons. The molecule has 2 aliphatic rings. The highest BCUT2D eigenvalue weighted by Crippen LogP contribution is 2.39. The number of nitrogens with one attached hydrogen (secondary N) is 1. The van der Waals surface area contributed by atoms with Crippen LogP contribution in [-0.4, -0.2) is 37.5 Å². The third-order valence-electron chi connectivity index (χ3n) is 4.67. The van der Waals surface area contributed by atoms with Crippen LogP contribution in [0.2, 0.25) is 0 Å². The van der Waals surface area contributed by atoms with Gasteiger partial charge in [-0.15, -0.1) is 35.3 Å². The molecule has 0 amide bonds. The number of nitrogens with zero attached hydrogens (tertiary/aromatic N) is 1. The van der Waals surface area contributed by atoms with E-state index >= 15 is 0 Å². The van der Waals surface area contributed by atoms with Gasteiger partial charge in [-0.3, -0.25) is 4.99 Å². The second-order valence-corrected chi connectivity index (χ2v) is 7.66. The van der Waals surface area contributed by atoms with Crippen molar-refractivity contribution in [3.63, 3.8) is 0 Å². The lowest BCUT2D eigenvalue weighted by atomic mass is 9.86. The van der Waals surface area contributed by atoms with Crippen LogP contribution >= 0.6 is 35.3 Å². The van der Waals surface area contributed by atoms with Crippen molar-refractivity contribution < 1.29 is 9.47 Å². The van der Waals surface area contributed by atoms with Gasteiger partial charge in [0.2, 0.25) is 0 Å². The number of guanidine groups is 1. The van der Waals surface area contributed by atoms with Crippen molar-refractivity contribution in [2.45, 2.75) is 50.9 Å². The molecule has 0 radical (unpaired) electrons. The molecule has 5 nitrogen and oxygen atoms in total. The topological polar surface area (TPSA) is 68.9 Å². The fourth-order valence-corrected chi connectivity index (χ4v) is 3.90. The molecule has 1 aliphatic carbocycles. The molecule has 1 aromatic rings. The third-order valence-corrected chi connectivity index (χ3v) is 5.61. The Morgan fingerprint density at radius 1 is 1.46 bits per heavy atom. The van der Waals surface area contributed by atoms with E-state index in [2.05, 4.69) is 34.7 Å². The molecular formula is C17H28IN3O2S. The number of nitrogens with two attached hydrogens (primary N) is 1. The maximum atomic E-state index is 6.14. The van der Waals surface area contributed by atoms with E-state index in [0.29, 0.717) is 19.1 Å². The van der Waals surface area contributed by atoms with E-state index in [0.717, 1.165) is 31.7 Å². The van der Waals surface area contributed by atoms with Gasteiger partial charge in [0.05, 0.1) is 13.2 Å². The summed E-state index contributed by atoms with van der Waals surface area (Å²) in [4.78, 5) is 5.75. The SMILES string of the molecule is CC1CCC2(CC1)OCC(CN=C(N)NCCc1cccs1)O2.I. The standard InChI is InChI=1S/C17H27N3O2S.HI/c1-13-4-7-17(8-5-13)21-12-14(22-17)11-20-16(18)19-9-6-15-3-2-10-23-15;/h2-3,10,13-14H,4-9,11-12H2,1H3,(H3,18,19,20);1H. The molecule has 1 atom stereocenters. The van der Waals surface area contributed by atoms with Crippen molar-refractivity contribution in [1.29, 1.82) is 0 Å². The molecule has 2 heterocycles. The average Bonchev–Trinajstić information content (AvgIpc) is 3.19. The smallest absolute Gasteiger partial charge is 0.188 e. The first-order valence-corrected chi connectivity index (χ1v) is 9.41. The summed E-state index contributed by atoms with van der Waals surface area (Å²) in [6, 6.07) is 4.20. The number of hydrogen-bond donors (Lipinski definition) is 2. The first-order chi connectivity index (χ1) is 11.2. The van der Waals surface area contributed by atoms with E-state index in [1.165, 1.54) is 17.7 Å². The highest BCUT2D eigenvalue weighted by atomic mass is 127. The van der Waals surface area contributed by atoms with E-state index < -0.39 is 0 Å². The Morgan fingerprint density at radius 3 is 2.96 bits per heavy atom. The fraction of sp³-hybridized carbons (Fsp3) is 0.706. The Bertz CT molecular complexity index is 516. The van der Waals surface area contributed by atoms with Crippen LogP contribution in [0, 0.1) is 5.92 Å². The largest absolute Gasteiger partial charge is 0.370 e. The Kier molecular flexibility index (Phi) is 7.77. The molecule has 1 spiro atoms. The van der Waals surface area contributed by atoms with Crippen molar-refractivity contribution in [2.75, 3.05) is 19.7 Å². The van der Waals surface area contributed by atoms with Gasteiger partial charge < -0.3 is 20.5 Å². The number of rotatable bonds is 5. The Balaban J connectivity index is 0.00000208. The van der Waals surface area contributed by atoms with Gasteiger partial charge in [-0.1, -0.05) is 13.0 Å². The Hall–Kier alpha value is -0.380. The van der Waals surface area contributed by atoms with Crippen LogP contribution in [0.5, 0.6) is 0 Å². The van der Waals surface area contributed by atoms with Crippen LogP contribution in [0.1, 0.15) is 37.5 Å². The van der Waals surface area contributed by atoms with Crippen molar-refractivity contribution in [2.24, 2.45) is 16.6 Å². The zero-order chi connectivity index (χ0) is 16.1. The molecule has 1 saturated carbocycles. The zero-order valence-corrected chi connectivity index (χ0v) is 17.3. The fourth-order valence-electron chi connectivity index (χ4n) is 3.20. The quantitative estimate of drug-likeness (QED) is 0.399. The Morgan fingerprint density at radius 2 is 2.25 bits per heavy atom.